The first-order valence-corrected chi connectivity index (χ1v) is 10.3. The fraction of sp³-hybridized carbons (Fsp3) is 0.600. The topological polar surface area (TPSA) is 227 Å². The van der Waals surface area contributed by atoms with E-state index in [-0.39, 0.29) is 24.1 Å². The summed E-state index contributed by atoms with van der Waals surface area (Å²) in [6.07, 6.45) is -4.44. The molecule has 3 rings (SSSR count). The van der Waals surface area contributed by atoms with Gasteiger partial charge in [-0.2, -0.15) is 4.31 Å². The van der Waals surface area contributed by atoms with Crippen LogP contribution < -0.4 is 0 Å². The molecule has 6 N–H and O–H groups in total. The normalized spacial score (nSPS) is 32.9. The minimum atomic E-state index is -5.29. The molecule has 0 aromatic rings. The summed E-state index contributed by atoms with van der Waals surface area (Å²) in [5.41, 5.74) is 0.178. The van der Waals surface area contributed by atoms with E-state index in [0.717, 1.165) is 6.34 Å². The van der Waals surface area contributed by atoms with Crippen LogP contribution in [0.4, 0.5) is 0 Å². The molecule has 3 aliphatic heterocycles. The molecule has 17 heteroatoms. The highest BCUT2D eigenvalue weighted by atomic mass is 31.3. The average molecular weight is 427 g/mol. The Kier molecular flexibility index (Phi) is 5.44. The van der Waals surface area contributed by atoms with E-state index >= 15 is 0 Å². The van der Waals surface area contributed by atoms with Gasteiger partial charge in [-0.05, 0) is 0 Å². The van der Waals surface area contributed by atoms with E-state index in [4.69, 9.17) is 19.9 Å². The summed E-state index contributed by atoms with van der Waals surface area (Å²) in [6.45, 7) is -0.852. The second-order valence-corrected chi connectivity index (χ2v) is 8.38. The summed E-state index contributed by atoms with van der Waals surface area (Å²) in [5, 5.41) is 27.9. The number of amidine groups is 2. The van der Waals surface area contributed by atoms with Crippen LogP contribution in [0, 0.1) is 5.41 Å². The van der Waals surface area contributed by atoms with Crippen LogP contribution in [0.25, 0.3) is 0 Å². The maximum Gasteiger partial charge on any atom is 0.481 e. The Labute approximate surface area is 151 Å². The third-order valence-corrected chi connectivity index (χ3v) is 5.86. The molecule has 3 aliphatic rings. The van der Waals surface area contributed by atoms with E-state index in [9.17, 15) is 24.2 Å². The molecule has 0 radical (unpaired) electrons. The zero-order valence-corrected chi connectivity index (χ0v) is 15.1. The van der Waals surface area contributed by atoms with Crippen LogP contribution in [0.1, 0.15) is 0 Å². The molecule has 0 saturated carbocycles. The maximum absolute atomic E-state index is 11.5. The van der Waals surface area contributed by atoms with Crippen LogP contribution in [0.5, 0.6) is 0 Å². The first kappa shape index (κ1) is 20.4. The lowest BCUT2D eigenvalue weighted by molar-refractivity contribution is -0.0680. The molecule has 150 valence electrons. The molecule has 0 amide bonds. The second-order valence-electron chi connectivity index (χ2n) is 5.55. The van der Waals surface area contributed by atoms with Gasteiger partial charge in [0.05, 0.1) is 6.61 Å². The summed E-state index contributed by atoms with van der Waals surface area (Å²) in [7, 11) is -10.4. The molecule has 1 unspecified atom stereocenters. The standard InChI is InChI=1S/C10H15N5O10P2/c11-8-5-9(13-2-12-8)15(3-14-5)10-7(17)6(16)4(24-10)1-23-27(21,22)25-26(18,19)20/h2,4,6-7,10-11,16-17H,1,3H2,(H,21,22)(H2,18,19,20)/t4-,6-,7-,10-/m1/s1. The quantitative estimate of drug-likeness (QED) is 0.249. The Morgan fingerprint density at radius 3 is 2.67 bits per heavy atom. The second kappa shape index (κ2) is 7.22. The molecule has 0 aromatic heterocycles. The van der Waals surface area contributed by atoms with Gasteiger partial charge in [0.25, 0.3) is 0 Å². The number of fused-ring (bicyclic) bond motifs is 1. The predicted octanol–water partition coefficient (Wildman–Crippen LogP) is -2.21. The molecular formula is C10H15N5O10P2. The molecule has 0 aliphatic carbocycles. The van der Waals surface area contributed by atoms with Crippen molar-refractivity contribution < 1.29 is 47.6 Å². The van der Waals surface area contributed by atoms with Gasteiger partial charge in [0.1, 0.15) is 37.0 Å². The van der Waals surface area contributed by atoms with Gasteiger partial charge in [-0.25, -0.2) is 19.1 Å². The summed E-state index contributed by atoms with van der Waals surface area (Å²) < 4.78 is 35.6. The zero-order chi connectivity index (χ0) is 20.0. The van der Waals surface area contributed by atoms with E-state index in [1.165, 1.54) is 4.90 Å². The van der Waals surface area contributed by atoms with Crippen molar-refractivity contribution in [2.24, 2.45) is 15.0 Å². The molecule has 1 fully saturated rings. The van der Waals surface area contributed by atoms with Crippen molar-refractivity contribution in [3.05, 3.63) is 0 Å². The number of hydrogen-bond donors (Lipinski definition) is 6. The third kappa shape index (κ3) is 4.38. The number of aliphatic imine (C=N–C) groups is 3. The fourth-order valence-corrected chi connectivity index (χ4v) is 4.19. The van der Waals surface area contributed by atoms with Gasteiger partial charge >= 0.3 is 15.6 Å². The molecule has 0 aromatic carbocycles. The number of aliphatic hydroxyl groups is 2. The lowest BCUT2D eigenvalue weighted by Crippen LogP contribution is -2.48. The maximum atomic E-state index is 11.5. The smallest absolute Gasteiger partial charge is 0.387 e. The number of phosphoric ester groups is 1. The number of nitrogens with zero attached hydrogens (tertiary/aromatic N) is 4. The number of phosphoric acid groups is 2. The van der Waals surface area contributed by atoms with Gasteiger partial charge < -0.3 is 34.5 Å². The van der Waals surface area contributed by atoms with Crippen molar-refractivity contribution in [2.75, 3.05) is 13.3 Å². The van der Waals surface area contributed by atoms with Crippen molar-refractivity contribution in [3.63, 3.8) is 0 Å². The van der Waals surface area contributed by atoms with Crippen LogP contribution in [-0.4, -0.2) is 91.3 Å². The van der Waals surface area contributed by atoms with Crippen molar-refractivity contribution in [1.82, 2.24) is 4.90 Å². The van der Waals surface area contributed by atoms with Crippen LogP contribution in [-0.2, 0) is 22.7 Å². The monoisotopic (exact) mass is 427 g/mol. The summed E-state index contributed by atoms with van der Waals surface area (Å²) in [5.74, 6) is 0.0664. The lowest BCUT2D eigenvalue weighted by Gasteiger charge is -2.27. The van der Waals surface area contributed by atoms with Gasteiger partial charge in [0, 0.05) is 0 Å². The Morgan fingerprint density at radius 1 is 1.30 bits per heavy atom. The van der Waals surface area contributed by atoms with E-state index in [2.05, 4.69) is 23.8 Å². The number of hydrogen-bond acceptors (Lipinski definition) is 11. The molecule has 5 atom stereocenters. The molecule has 3 heterocycles. The summed E-state index contributed by atoms with van der Waals surface area (Å²) in [4.78, 5) is 39.4. The minimum Gasteiger partial charge on any atom is -0.387 e. The van der Waals surface area contributed by atoms with Gasteiger partial charge in [-0.1, -0.05) is 0 Å². The Bertz CT molecular complexity index is 823. The molecule has 27 heavy (non-hydrogen) atoms. The van der Waals surface area contributed by atoms with Crippen LogP contribution >= 0.6 is 15.6 Å². The van der Waals surface area contributed by atoms with Crippen molar-refractivity contribution >= 4 is 39.4 Å². The van der Waals surface area contributed by atoms with Crippen molar-refractivity contribution in [1.29, 1.82) is 5.41 Å². The van der Waals surface area contributed by atoms with Crippen molar-refractivity contribution in [2.45, 2.75) is 24.5 Å². The summed E-state index contributed by atoms with van der Waals surface area (Å²) >= 11 is 0. The van der Waals surface area contributed by atoms with Gasteiger partial charge in [-0.15, -0.1) is 0 Å². The van der Waals surface area contributed by atoms with Gasteiger partial charge in [0.15, 0.2) is 17.9 Å². The number of rotatable bonds is 6. The van der Waals surface area contributed by atoms with E-state index in [1.807, 2.05) is 0 Å². The molecule has 0 bridgehead atoms. The van der Waals surface area contributed by atoms with E-state index in [0.29, 0.717) is 0 Å². The highest BCUT2D eigenvalue weighted by Gasteiger charge is 2.49. The van der Waals surface area contributed by atoms with Crippen molar-refractivity contribution in [3.8, 4) is 0 Å². The number of nitrogens with one attached hydrogen (secondary N) is 1. The zero-order valence-electron chi connectivity index (χ0n) is 13.3. The molecular weight excluding hydrogens is 412 g/mol. The first-order chi connectivity index (χ1) is 12.5. The Morgan fingerprint density at radius 2 is 2.00 bits per heavy atom. The number of aliphatic hydroxyl groups excluding tert-OH is 2. The largest absolute Gasteiger partial charge is 0.481 e. The fourth-order valence-electron chi connectivity index (χ4n) is 2.59. The highest BCUT2D eigenvalue weighted by molar-refractivity contribution is 7.60. The molecule has 0 spiro atoms. The highest BCUT2D eigenvalue weighted by Crippen LogP contribution is 2.57. The Hall–Kier alpha value is -1.38. The summed E-state index contributed by atoms with van der Waals surface area (Å²) in [6, 6.07) is 0. The average Bonchev–Trinajstić information content (AvgIpc) is 3.07. The SMILES string of the molecule is N=C1N=CN=C2C1=NCN2[C@@H]1O[C@H](COP(=O)(O)OP(=O)(O)O)[C@@H](O)[C@H]1O. The van der Waals surface area contributed by atoms with Gasteiger partial charge in [0.2, 0.25) is 0 Å². The van der Waals surface area contributed by atoms with E-state index < -0.39 is 46.8 Å². The lowest BCUT2D eigenvalue weighted by atomic mass is 10.1. The predicted molar refractivity (Wildman–Crippen MR) is 87.4 cm³/mol. The Balaban J connectivity index is 1.66. The first-order valence-electron chi connectivity index (χ1n) is 7.25. The molecule has 15 nitrogen and oxygen atoms in total. The molecule has 1 saturated heterocycles. The van der Waals surface area contributed by atoms with Crippen LogP contribution in [0.15, 0.2) is 15.0 Å². The minimum absolute atomic E-state index is 0.0399. The van der Waals surface area contributed by atoms with Crippen LogP contribution in [0.2, 0.25) is 0 Å². The number of ether oxygens (including phenoxy) is 1. The van der Waals surface area contributed by atoms with Gasteiger partial charge in [-0.3, -0.25) is 14.9 Å². The van der Waals surface area contributed by atoms with E-state index in [1.54, 1.807) is 0 Å². The van der Waals surface area contributed by atoms with Crippen LogP contribution in [0.3, 0.4) is 0 Å². The third-order valence-electron chi connectivity index (χ3n) is 3.71.